The summed E-state index contributed by atoms with van der Waals surface area (Å²) < 4.78 is 26.5. The van der Waals surface area contributed by atoms with Gasteiger partial charge in [-0.15, -0.1) is 0 Å². The number of aliphatic imine (C=N–C) groups is 1. The highest BCUT2D eigenvalue weighted by molar-refractivity contribution is 5.80. The van der Waals surface area contributed by atoms with Crippen LogP contribution in [0, 0.1) is 11.6 Å². The van der Waals surface area contributed by atoms with Crippen molar-refractivity contribution in [3.8, 4) is 5.75 Å². The molecule has 0 radical (unpaired) electrons. The largest absolute Gasteiger partial charge is 0.505 e. The first-order valence-corrected chi connectivity index (χ1v) is 10.0. The van der Waals surface area contributed by atoms with Gasteiger partial charge in [0, 0.05) is 32.2 Å². The Hall–Kier alpha value is -2.67. The second-order valence-electron chi connectivity index (χ2n) is 7.30. The molecule has 156 valence electrons. The van der Waals surface area contributed by atoms with E-state index in [1.807, 2.05) is 19.1 Å². The van der Waals surface area contributed by atoms with Crippen molar-refractivity contribution in [2.75, 3.05) is 19.6 Å². The van der Waals surface area contributed by atoms with Gasteiger partial charge in [-0.1, -0.05) is 18.2 Å². The number of piperidine rings is 1. The Balaban J connectivity index is 1.50. The van der Waals surface area contributed by atoms with E-state index in [0.29, 0.717) is 24.1 Å². The fraction of sp³-hybridized carbons (Fsp3) is 0.409. The van der Waals surface area contributed by atoms with Gasteiger partial charge in [0.05, 0.1) is 6.54 Å². The molecule has 2 aromatic carbocycles. The molecule has 7 heteroatoms. The number of nitrogens with zero attached hydrogens (tertiary/aromatic N) is 2. The van der Waals surface area contributed by atoms with Crippen molar-refractivity contribution < 1.29 is 13.9 Å². The van der Waals surface area contributed by atoms with Crippen molar-refractivity contribution in [1.82, 2.24) is 15.5 Å². The number of guanidine groups is 1. The summed E-state index contributed by atoms with van der Waals surface area (Å²) in [7, 11) is 0. The van der Waals surface area contributed by atoms with Crippen LogP contribution in [0.4, 0.5) is 8.78 Å². The van der Waals surface area contributed by atoms with E-state index in [9.17, 15) is 13.9 Å². The standard InChI is InChI=1S/C22H28F2N4O/c1-2-25-22(26-14-17-5-8-21(29)20(24)13-17)27-19-9-11-28(12-10-19)15-16-3-6-18(23)7-4-16/h3-8,13,19,29H,2,9-12,14-15H2,1H3,(H2,25,26,27). The molecule has 1 aliphatic rings. The Bertz CT molecular complexity index is 818. The monoisotopic (exact) mass is 402 g/mol. The van der Waals surface area contributed by atoms with Gasteiger partial charge in [-0.2, -0.15) is 0 Å². The minimum atomic E-state index is -0.635. The zero-order valence-corrected chi connectivity index (χ0v) is 16.7. The lowest BCUT2D eigenvalue weighted by molar-refractivity contribution is 0.198. The minimum Gasteiger partial charge on any atom is -0.505 e. The average molecular weight is 402 g/mol. The van der Waals surface area contributed by atoms with Gasteiger partial charge in [-0.3, -0.25) is 4.90 Å². The first-order chi connectivity index (χ1) is 14.0. The van der Waals surface area contributed by atoms with Gasteiger partial charge >= 0.3 is 0 Å². The highest BCUT2D eigenvalue weighted by Crippen LogP contribution is 2.17. The third-order valence-corrected chi connectivity index (χ3v) is 5.02. The highest BCUT2D eigenvalue weighted by Gasteiger charge is 2.20. The Morgan fingerprint density at radius 1 is 1.10 bits per heavy atom. The third kappa shape index (κ3) is 6.42. The maximum atomic E-state index is 13.5. The van der Waals surface area contributed by atoms with Crippen LogP contribution in [0.5, 0.6) is 5.75 Å². The van der Waals surface area contributed by atoms with Crippen LogP contribution in [0.25, 0.3) is 0 Å². The van der Waals surface area contributed by atoms with Crippen molar-refractivity contribution in [3.63, 3.8) is 0 Å². The van der Waals surface area contributed by atoms with Gasteiger partial charge in [0.25, 0.3) is 0 Å². The molecule has 0 atom stereocenters. The summed E-state index contributed by atoms with van der Waals surface area (Å²) in [4.78, 5) is 6.91. The molecule has 3 rings (SSSR count). The summed E-state index contributed by atoms with van der Waals surface area (Å²) >= 11 is 0. The van der Waals surface area contributed by atoms with Crippen LogP contribution < -0.4 is 10.6 Å². The minimum absolute atomic E-state index is 0.207. The SMILES string of the molecule is CCNC(=NCc1ccc(O)c(F)c1)NC1CCN(Cc2ccc(F)cc2)CC1. The normalized spacial score (nSPS) is 16.0. The molecule has 0 bridgehead atoms. The summed E-state index contributed by atoms with van der Waals surface area (Å²) in [5.74, 6) is -0.487. The van der Waals surface area contributed by atoms with Crippen LogP contribution in [0.2, 0.25) is 0 Å². The van der Waals surface area contributed by atoms with E-state index in [-0.39, 0.29) is 11.6 Å². The Morgan fingerprint density at radius 3 is 2.45 bits per heavy atom. The first kappa shape index (κ1) is 21.0. The number of benzene rings is 2. The molecule has 5 nitrogen and oxygen atoms in total. The summed E-state index contributed by atoms with van der Waals surface area (Å²) in [5.41, 5.74) is 1.82. The number of hydrogen-bond donors (Lipinski definition) is 3. The van der Waals surface area contributed by atoms with Gasteiger partial charge < -0.3 is 15.7 Å². The van der Waals surface area contributed by atoms with Gasteiger partial charge in [0.15, 0.2) is 17.5 Å². The summed E-state index contributed by atoms with van der Waals surface area (Å²) in [6.07, 6.45) is 1.97. The predicted molar refractivity (Wildman–Crippen MR) is 111 cm³/mol. The molecule has 0 saturated carbocycles. The Kier molecular flexibility index (Phi) is 7.41. The van der Waals surface area contributed by atoms with Crippen LogP contribution in [0.15, 0.2) is 47.5 Å². The molecule has 2 aromatic rings. The van der Waals surface area contributed by atoms with E-state index in [0.717, 1.165) is 44.6 Å². The molecule has 1 saturated heterocycles. The van der Waals surface area contributed by atoms with E-state index < -0.39 is 5.82 Å². The fourth-order valence-electron chi connectivity index (χ4n) is 3.42. The second-order valence-corrected chi connectivity index (χ2v) is 7.30. The van der Waals surface area contributed by atoms with E-state index in [1.165, 1.54) is 24.3 Å². The Labute approximate surface area is 170 Å². The van der Waals surface area contributed by atoms with Crippen molar-refractivity contribution in [1.29, 1.82) is 0 Å². The smallest absolute Gasteiger partial charge is 0.191 e. The molecular weight excluding hydrogens is 374 g/mol. The number of phenolic OH excluding ortho intramolecular Hbond substituents is 1. The van der Waals surface area contributed by atoms with Gasteiger partial charge in [0.1, 0.15) is 5.82 Å². The maximum Gasteiger partial charge on any atom is 0.191 e. The second kappa shape index (κ2) is 10.2. The zero-order chi connectivity index (χ0) is 20.6. The lowest BCUT2D eigenvalue weighted by Gasteiger charge is -2.33. The number of phenols is 1. The van der Waals surface area contributed by atoms with E-state index in [4.69, 9.17) is 0 Å². The molecule has 0 aromatic heterocycles. The number of likely N-dealkylation sites (tertiary alicyclic amines) is 1. The van der Waals surface area contributed by atoms with Crippen molar-refractivity contribution in [2.24, 2.45) is 4.99 Å². The number of halogens is 2. The molecule has 1 fully saturated rings. The molecule has 0 unspecified atom stereocenters. The van der Waals surface area contributed by atoms with Crippen LogP contribution >= 0.6 is 0 Å². The molecule has 0 aliphatic carbocycles. The number of hydrogen-bond acceptors (Lipinski definition) is 3. The van der Waals surface area contributed by atoms with Crippen LogP contribution in [-0.4, -0.2) is 41.6 Å². The molecule has 0 spiro atoms. The lowest BCUT2D eigenvalue weighted by atomic mass is 10.0. The van der Waals surface area contributed by atoms with Crippen molar-refractivity contribution in [2.45, 2.75) is 38.9 Å². The first-order valence-electron chi connectivity index (χ1n) is 10.0. The van der Waals surface area contributed by atoms with Crippen LogP contribution in [0.3, 0.4) is 0 Å². The number of aromatic hydroxyl groups is 1. The van der Waals surface area contributed by atoms with Crippen LogP contribution in [-0.2, 0) is 13.1 Å². The summed E-state index contributed by atoms with van der Waals surface area (Å²) in [6.45, 7) is 5.81. The average Bonchev–Trinajstić information content (AvgIpc) is 2.72. The predicted octanol–water partition coefficient (Wildman–Crippen LogP) is 3.39. The molecule has 0 amide bonds. The molecule has 1 aliphatic heterocycles. The van der Waals surface area contributed by atoms with Gasteiger partial charge in [-0.25, -0.2) is 13.8 Å². The summed E-state index contributed by atoms with van der Waals surface area (Å²) in [5, 5.41) is 16.0. The van der Waals surface area contributed by atoms with E-state index in [2.05, 4.69) is 20.5 Å². The topological polar surface area (TPSA) is 59.9 Å². The number of nitrogens with one attached hydrogen (secondary N) is 2. The van der Waals surface area contributed by atoms with Crippen molar-refractivity contribution >= 4 is 5.96 Å². The van der Waals surface area contributed by atoms with E-state index >= 15 is 0 Å². The van der Waals surface area contributed by atoms with Crippen molar-refractivity contribution in [3.05, 3.63) is 65.2 Å². The lowest BCUT2D eigenvalue weighted by Crippen LogP contribution is -2.48. The quantitative estimate of drug-likeness (QED) is 0.512. The Morgan fingerprint density at radius 2 is 1.79 bits per heavy atom. The van der Waals surface area contributed by atoms with Gasteiger partial charge in [0.2, 0.25) is 0 Å². The van der Waals surface area contributed by atoms with Crippen LogP contribution in [0.1, 0.15) is 30.9 Å². The number of rotatable bonds is 6. The third-order valence-electron chi connectivity index (χ3n) is 5.02. The van der Waals surface area contributed by atoms with Gasteiger partial charge in [-0.05, 0) is 55.2 Å². The highest BCUT2D eigenvalue weighted by atomic mass is 19.1. The zero-order valence-electron chi connectivity index (χ0n) is 16.7. The van der Waals surface area contributed by atoms with E-state index in [1.54, 1.807) is 6.07 Å². The summed E-state index contributed by atoms with van der Waals surface area (Å²) in [6, 6.07) is 11.3. The molecular formula is C22H28F2N4O. The molecule has 1 heterocycles. The molecule has 29 heavy (non-hydrogen) atoms. The molecule has 3 N–H and O–H groups in total. The fourth-order valence-corrected chi connectivity index (χ4v) is 3.42. The maximum absolute atomic E-state index is 13.5.